The molecule has 2 rings (SSSR count). The third-order valence-corrected chi connectivity index (χ3v) is 3.37. The van der Waals surface area contributed by atoms with E-state index >= 15 is 0 Å². The Morgan fingerprint density at radius 1 is 1.53 bits per heavy atom. The van der Waals surface area contributed by atoms with Gasteiger partial charge in [0.1, 0.15) is 11.6 Å². The van der Waals surface area contributed by atoms with Crippen molar-refractivity contribution in [2.24, 2.45) is 10.9 Å². The van der Waals surface area contributed by atoms with Crippen molar-refractivity contribution >= 4 is 5.84 Å². The fraction of sp³-hybridized carbons (Fsp3) is 0.500. The predicted molar refractivity (Wildman–Crippen MR) is 74.5 cm³/mol. The van der Waals surface area contributed by atoms with Gasteiger partial charge in [0, 0.05) is 25.6 Å². The van der Waals surface area contributed by atoms with Crippen LogP contribution in [0.3, 0.4) is 0 Å². The van der Waals surface area contributed by atoms with Crippen molar-refractivity contribution < 1.29 is 9.94 Å². The first kappa shape index (κ1) is 13.7. The number of nitrogens with zero attached hydrogens (tertiary/aromatic N) is 2. The molecule has 0 spiro atoms. The van der Waals surface area contributed by atoms with E-state index in [-0.39, 0.29) is 5.84 Å². The number of methoxy groups -OCH3 is 1. The zero-order valence-electron chi connectivity index (χ0n) is 11.2. The largest absolute Gasteiger partial charge is 0.497 e. The smallest absolute Gasteiger partial charge is 0.140 e. The molecule has 0 aliphatic heterocycles. The molecule has 1 aromatic rings. The Bertz CT molecular complexity index is 444. The van der Waals surface area contributed by atoms with Gasteiger partial charge in [-0.05, 0) is 30.5 Å². The number of hydrogen-bond donors (Lipinski definition) is 2. The van der Waals surface area contributed by atoms with Crippen LogP contribution >= 0.6 is 0 Å². The summed E-state index contributed by atoms with van der Waals surface area (Å²) < 4.78 is 5.24. The highest BCUT2D eigenvalue weighted by Gasteiger charge is 2.28. The first-order valence-corrected chi connectivity index (χ1v) is 6.56. The topological polar surface area (TPSA) is 71.1 Å². The lowest BCUT2D eigenvalue weighted by atomic mass is 10.2. The molecule has 1 saturated carbocycles. The lowest BCUT2D eigenvalue weighted by Crippen LogP contribution is -2.29. The van der Waals surface area contributed by atoms with Gasteiger partial charge in [-0.2, -0.15) is 0 Å². The summed E-state index contributed by atoms with van der Waals surface area (Å²) in [6, 6.07) is 8.74. The van der Waals surface area contributed by atoms with E-state index in [1.807, 2.05) is 12.1 Å². The van der Waals surface area contributed by atoms with Crippen LogP contribution in [0.5, 0.6) is 5.75 Å². The molecular weight excluding hydrogens is 242 g/mol. The monoisotopic (exact) mass is 263 g/mol. The highest BCUT2D eigenvalue weighted by Crippen LogP contribution is 2.28. The molecule has 5 heteroatoms. The van der Waals surface area contributed by atoms with E-state index < -0.39 is 0 Å². The Morgan fingerprint density at radius 3 is 2.95 bits per heavy atom. The van der Waals surface area contributed by atoms with Crippen molar-refractivity contribution in [1.29, 1.82) is 0 Å². The van der Waals surface area contributed by atoms with Crippen molar-refractivity contribution in [3.63, 3.8) is 0 Å². The minimum absolute atomic E-state index is 0.288. The second kappa shape index (κ2) is 6.43. The van der Waals surface area contributed by atoms with Crippen LogP contribution in [0.15, 0.2) is 29.4 Å². The van der Waals surface area contributed by atoms with Crippen LogP contribution in [-0.4, -0.2) is 35.6 Å². The summed E-state index contributed by atoms with van der Waals surface area (Å²) in [4.78, 5) is 2.38. The average molecular weight is 263 g/mol. The number of amidine groups is 1. The molecule has 0 heterocycles. The number of nitrogens with two attached hydrogens (primary N) is 1. The molecule has 0 unspecified atom stereocenters. The van der Waals surface area contributed by atoms with Crippen molar-refractivity contribution in [2.75, 3.05) is 13.7 Å². The third-order valence-electron chi connectivity index (χ3n) is 3.37. The predicted octanol–water partition coefficient (Wildman–Crippen LogP) is 1.80. The van der Waals surface area contributed by atoms with Gasteiger partial charge in [-0.15, -0.1) is 0 Å². The van der Waals surface area contributed by atoms with E-state index in [4.69, 9.17) is 15.7 Å². The van der Waals surface area contributed by atoms with Gasteiger partial charge in [0.2, 0.25) is 0 Å². The molecule has 0 radical (unpaired) electrons. The van der Waals surface area contributed by atoms with Gasteiger partial charge >= 0.3 is 0 Å². The molecule has 104 valence electrons. The van der Waals surface area contributed by atoms with E-state index in [2.05, 4.69) is 22.2 Å². The van der Waals surface area contributed by atoms with Crippen LogP contribution in [0.4, 0.5) is 0 Å². The minimum Gasteiger partial charge on any atom is -0.497 e. The van der Waals surface area contributed by atoms with Crippen LogP contribution in [0.2, 0.25) is 0 Å². The van der Waals surface area contributed by atoms with Crippen LogP contribution in [0.25, 0.3) is 0 Å². The summed E-state index contributed by atoms with van der Waals surface area (Å²) in [6.07, 6.45) is 3.07. The molecule has 19 heavy (non-hydrogen) atoms. The van der Waals surface area contributed by atoms with Gasteiger partial charge < -0.3 is 15.7 Å². The minimum atomic E-state index is 0.288. The standard InChI is InChI=1S/C14H21N3O2/c1-19-13-4-2-3-11(9-13)10-17(12-5-6-12)8-7-14(15)16-18/h2-4,9,12,18H,5-8,10H2,1H3,(H2,15,16). The second-order valence-electron chi connectivity index (χ2n) is 4.89. The van der Waals surface area contributed by atoms with Crippen molar-refractivity contribution in [2.45, 2.75) is 31.8 Å². The van der Waals surface area contributed by atoms with E-state index in [0.717, 1.165) is 18.8 Å². The molecule has 5 nitrogen and oxygen atoms in total. The lowest BCUT2D eigenvalue weighted by molar-refractivity contribution is 0.259. The average Bonchev–Trinajstić information content (AvgIpc) is 3.27. The number of rotatable bonds is 7. The molecule has 0 aromatic heterocycles. The molecule has 0 bridgehead atoms. The summed E-state index contributed by atoms with van der Waals surface area (Å²) in [5.41, 5.74) is 6.76. The summed E-state index contributed by atoms with van der Waals surface area (Å²) in [7, 11) is 1.68. The second-order valence-corrected chi connectivity index (χ2v) is 4.89. The molecule has 1 aliphatic carbocycles. The Kier molecular flexibility index (Phi) is 4.63. The maximum absolute atomic E-state index is 8.59. The molecule has 0 amide bonds. The van der Waals surface area contributed by atoms with Crippen molar-refractivity contribution in [3.05, 3.63) is 29.8 Å². The summed E-state index contributed by atoms with van der Waals surface area (Å²) in [6.45, 7) is 1.69. The quantitative estimate of drug-likeness (QED) is 0.340. The fourth-order valence-electron chi connectivity index (χ4n) is 2.14. The van der Waals surface area contributed by atoms with Crippen LogP contribution < -0.4 is 10.5 Å². The summed E-state index contributed by atoms with van der Waals surface area (Å²) in [5.74, 6) is 1.17. The Labute approximate surface area is 113 Å². The third kappa shape index (κ3) is 4.13. The summed E-state index contributed by atoms with van der Waals surface area (Å²) in [5, 5.41) is 11.6. The van der Waals surface area contributed by atoms with Crippen molar-refractivity contribution in [1.82, 2.24) is 4.90 Å². The first-order valence-electron chi connectivity index (χ1n) is 6.56. The van der Waals surface area contributed by atoms with E-state index in [1.54, 1.807) is 7.11 Å². The molecule has 1 fully saturated rings. The van der Waals surface area contributed by atoms with Crippen LogP contribution in [-0.2, 0) is 6.54 Å². The highest BCUT2D eigenvalue weighted by molar-refractivity contribution is 5.79. The molecule has 1 aromatic carbocycles. The van der Waals surface area contributed by atoms with E-state index in [9.17, 15) is 0 Å². The SMILES string of the molecule is COc1cccc(CN(CCC(N)=NO)C2CC2)c1. The Balaban J connectivity index is 1.95. The normalized spacial score (nSPS) is 15.8. The fourth-order valence-corrected chi connectivity index (χ4v) is 2.14. The molecule has 3 N–H and O–H groups in total. The van der Waals surface area contributed by atoms with Gasteiger partial charge in [0.25, 0.3) is 0 Å². The van der Waals surface area contributed by atoms with Crippen LogP contribution in [0.1, 0.15) is 24.8 Å². The van der Waals surface area contributed by atoms with Gasteiger partial charge in [-0.25, -0.2) is 0 Å². The molecule has 0 saturated heterocycles. The molecule has 0 atom stereocenters. The summed E-state index contributed by atoms with van der Waals surface area (Å²) >= 11 is 0. The van der Waals surface area contributed by atoms with Gasteiger partial charge in [-0.3, -0.25) is 4.90 Å². The van der Waals surface area contributed by atoms with Crippen LogP contribution in [0, 0.1) is 0 Å². The van der Waals surface area contributed by atoms with Crippen molar-refractivity contribution in [3.8, 4) is 5.75 Å². The Hall–Kier alpha value is -1.75. The first-order chi connectivity index (χ1) is 9.22. The number of oxime groups is 1. The van der Waals surface area contributed by atoms with Gasteiger partial charge in [-0.1, -0.05) is 17.3 Å². The lowest BCUT2D eigenvalue weighted by Gasteiger charge is -2.22. The number of ether oxygens (including phenoxy) is 1. The van der Waals surface area contributed by atoms with Gasteiger partial charge in [0.15, 0.2) is 0 Å². The zero-order valence-corrected chi connectivity index (χ0v) is 11.2. The highest BCUT2D eigenvalue weighted by atomic mass is 16.5. The number of hydrogen-bond acceptors (Lipinski definition) is 4. The van der Waals surface area contributed by atoms with E-state index in [0.29, 0.717) is 12.5 Å². The number of benzene rings is 1. The Morgan fingerprint density at radius 2 is 2.32 bits per heavy atom. The van der Waals surface area contributed by atoms with E-state index in [1.165, 1.54) is 18.4 Å². The van der Waals surface area contributed by atoms with Gasteiger partial charge in [0.05, 0.1) is 7.11 Å². The molecular formula is C14H21N3O2. The maximum Gasteiger partial charge on any atom is 0.140 e. The zero-order chi connectivity index (χ0) is 13.7. The maximum atomic E-state index is 8.59. The molecule has 1 aliphatic rings.